The van der Waals surface area contributed by atoms with Crippen molar-refractivity contribution < 1.29 is 9.94 Å². The van der Waals surface area contributed by atoms with Gasteiger partial charge in [0.1, 0.15) is 6.33 Å². The summed E-state index contributed by atoms with van der Waals surface area (Å²) in [4.78, 5) is 8.35. The molecule has 7 nitrogen and oxygen atoms in total. The summed E-state index contributed by atoms with van der Waals surface area (Å²) >= 11 is 0. The maximum atomic E-state index is 8.62. The first-order chi connectivity index (χ1) is 8.65. The fourth-order valence-electron chi connectivity index (χ4n) is 1.52. The number of amidine groups is 1. The van der Waals surface area contributed by atoms with Crippen LogP contribution >= 0.6 is 0 Å². The van der Waals surface area contributed by atoms with Crippen LogP contribution in [0.15, 0.2) is 29.9 Å². The van der Waals surface area contributed by atoms with Gasteiger partial charge in [-0.3, -0.25) is 4.57 Å². The number of rotatable bonds is 3. The van der Waals surface area contributed by atoms with Crippen LogP contribution in [0.5, 0.6) is 5.75 Å². The van der Waals surface area contributed by atoms with Gasteiger partial charge in [0.15, 0.2) is 17.4 Å². The van der Waals surface area contributed by atoms with E-state index < -0.39 is 0 Å². The van der Waals surface area contributed by atoms with E-state index in [9.17, 15) is 0 Å². The number of methoxy groups -OCH3 is 1. The van der Waals surface area contributed by atoms with Gasteiger partial charge in [-0.05, 0) is 13.0 Å². The van der Waals surface area contributed by atoms with E-state index in [1.807, 2.05) is 13.1 Å². The molecule has 94 valence electrons. The lowest BCUT2D eigenvalue weighted by molar-refractivity contribution is 0.318. The van der Waals surface area contributed by atoms with E-state index in [0.29, 0.717) is 17.1 Å². The number of ether oxygens (including phenoxy) is 1. The second-order valence-electron chi connectivity index (χ2n) is 3.66. The van der Waals surface area contributed by atoms with Crippen molar-refractivity contribution in [2.45, 2.75) is 6.92 Å². The predicted octanol–water partition coefficient (Wildman–Crippen LogP) is 0.679. The van der Waals surface area contributed by atoms with Crippen LogP contribution in [0.3, 0.4) is 0 Å². The molecule has 0 aliphatic heterocycles. The van der Waals surface area contributed by atoms with Gasteiger partial charge in [0, 0.05) is 18.0 Å². The van der Waals surface area contributed by atoms with Crippen molar-refractivity contribution >= 4 is 5.84 Å². The van der Waals surface area contributed by atoms with Crippen molar-refractivity contribution in [2.75, 3.05) is 7.11 Å². The Labute approximate surface area is 104 Å². The van der Waals surface area contributed by atoms with Crippen LogP contribution < -0.4 is 10.5 Å². The quantitative estimate of drug-likeness (QED) is 0.359. The van der Waals surface area contributed by atoms with Crippen LogP contribution in [-0.4, -0.2) is 32.7 Å². The molecule has 0 atom stereocenters. The minimum atomic E-state index is -0.0193. The molecule has 3 N–H and O–H groups in total. The Hall–Kier alpha value is -2.57. The maximum Gasteiger partial charge on any atom is 0.180 e. The van der Waals surface area contributed by atoms with Crippen LogP contribution in [0.4, 0.5) is 0 Å². The molecule has 18 heavy (non-hydrogen) atoms. The summed E-state index contributed by atoms with van der Waals surface area (Å²) in [5, 5.41) is 11.5. The summed E-state index contributed by atoms with van der Waals surface area (Å²) in [7, 11) is 1.53. The van der Waals surface area contributed by atoms with Gasteiger partial charge in [0.2, 0.25) is 0 Å². The van der Waals surface area contributed by atoms with Crippen molar-refractivity contribution in [1.29, 1.82) is 0 Å². The van der Waals surface area contributed by atoms with Gasteiger partial charge in [0.05, 0.1) is 12.8 Å². The third-order valence-corrected chi connectivity index (χ3v) is 2.41. The minimum Gasteiger partial charge on any atom is -0.493 e. The Bertz CT molecular complexity index is 591. The topological polar surface area (TPSA) is 98.5 Å². The molecule has 0 amide bonds. The molecule has 0 aliphatic carbocycles. The van der Waals surface area contributed by atoms with Crippen molar-refractivity contribution in [3.63, 3.8) is 0 Å². The van der Waals surface area contributed by atoms with E-state index in [0.717, 1.165) is 5.69 Å². The first-order valence-electron chi connectivity index (χ1n) is 5.18. The lowest BCUT2D eigenvalue weighted by atomic mass is 10.2. The van der Waals surface area contributed by atoms with Crippen molar-refractivity contribution in [3.05, 3.63) is 36.0 Å². The van der Waals surface area contributed by atoms with Gasteiger partial charge in [0.25, 0.3) is 0 Å². The molecule has 0 aromatic carbocycles. The molecule has 0 aliphatic rings. The lowest BCUT2D eigenvalue weighted by Crippen LogP contribution is -2.14. The van der Waals surface area contributed by atoms with E-state index in [-0.39, 0.29) is 5.84 Å². The smallest absolute Gasteiger partial charge is 0.180 e. The number of aromatic nitrogens is 3. The number of nitrogens with zero attached hydrogens (tertiary/aromatic N) is 4. The van der Waals surface area contributed by atoms with Crippen LogP contribution in [0.2, 0.25) is 0 Å². The normalized spacial score (nSPS) is 11.6. The van der Waals surface area contributed by atoms with Gasteiger partial charge in [-0.25, -0.2) is 9.97 Å². The Morgan fingerprint density at radius 1 is 1.50 bits per heavy atom. The highest BCUT2D eigenvalue weighted by molar-refractivity contribution is 5.97. The molecule has 0 bridgehead atoms. The highest BCUT2D eigenvalue weighted by Crippen LogP contribution is 2.21. The average molecular weight is 247 g/mol. The zero-order valence-corrected chi connectivity index (χ0v) is 10.0. The molecule has 0 saturated heterocycles. The van der Waals surface area contributed by atoms with E-state index in [4.69, 9.17) is 15.7 Å². The third kappa shape index (κ3) is 2.10. The summed E-state index contributed by atoms with van der Waals surface area (Å²) < 4.78 is 6.98. The molecular formula is C11H13N5O2. The molecule has 0 unspecified atom stereocenters. The first-order valence-corrected chi connectivity index (χ1v) is 5.18. The predicted molar refractivity (Wildman–Crippen MR) is 65.2 cm³/mol. The molecule has 0 spiro atoms. The van der Waals surface area contributed by atoms with Crippen LogP contribution in [0.1, 0.15) is 11.3 Å². The van der Waals surface area contributed by atoms with Crippen LogP contribution in [0.25, 0.3) is 5.82 Å². The number of oxime groups is 1. The maximum absolute atomic E-state index is 8.62. The third-order valence-electron chi connectivity index (χ3n) is 2.41. The molecule has 0 saturated carbocycles. The fourth-order valence-corrected chi connectivity index (χ4v) is 1.52. The summed E-state index contributed by atoms with van der Waals surface area (Å²) in [6.45, 7) is 1.88. The molecule has 0 radical (unpaired) electrons. The number of nitrogens with two attached hydrogens (primary N) is 1. The standard InChI is InChI=1S/C11H13N5O2/c1-7-5-16(6-14-7)11-9(18-2)3-8(4-13-11)10(12)15-17/h3-6,17H,1-2H3,(H2,12,15). The van der Waals surface area contributed by atoms with E-state index in [2.05, 4.69) is 15.1 Å². The summed E-state index contributed by atoms with van der Waals surface area (Å²) in [6.07, 6.45) is 4.97. The van der Waals surface area contributed by atoms with E-state index in [1.54, 1.807) is 17.0 Å². The molecule has 2 aromatic rings. The molecule has 0 fully saturated rings. The van der Waals surface area contributed by atoms with Crippen LogP contribution in [-0.2, 0) is 0 Å². The van der Waals surface area contributed by atoms with E-state index >= 15 is 0 Å². The van der Waals surface area contributed by atoms with Gasteiger partial charge in [-0.15, -0.1) is 0 Å². The van der Waals surface area contributed by atoms with Gasteiger partial charge < -0.3 is 15.7 Å². The second kappa shape index (κ2) is 4.74. The zero-order chi connectivity index (χ0) is 13.1. The Kier molecular flexibility index (Phi) is 3.13. The van der Waals surface area contributed by atoms with Crippen molar-refractivity contribution in [3.8, 4) is 11.6 Å². The van der Waals surface area contributed by atoms with Crippen molar-refractivity contribution in [1.82, 2.24) is 14.5 Å². The molecule has 2 aromatic heterocycles. The number of hydrogen-bond donors (Lipinski definition) is 2. The largest absolute Gasteiger partial charge is 0.493 e. The average Bonchev–Trinajstić information content (AvgIpc) is 2.83. The van der Waals surface area contributed by atoms with Crippen LogP contribution in [0, 0.1) is 6.92 Å². The second-order valence-corrected chi connectivity index (χ2v) is 3.66. The van der Waals surface area contributed by atoms with Gasteiger partial charge in [-0.1, -0.05) is 5.16 Å². The Morgan fingerprint density at radius 3 is 2.83 bits per heavy atom. The number of hydrogen-bond acceptors (Lipinski definition) is 5. The monoisotopic (exact) mass is 247 g/mol. The van der Waals surface area contributed by atoms with E-state index in [1.165, 1.54) is 13.3 Å². The zero-order valence-electron chi connectivity index (χ0n) is 10.0. The van der Waals surface area contributed by atoms with Gasteiger partial charge in [-0.2, -0.15) is 0 Å². The first kappa shape index (κ1) is 11.9. The molecule has 2 heterocycles. The summed E-state index contributed by atoms with van der Waals surface area (Å²) in [6, 6.07) is 1.65. The molecule has 2 rings (SSSR count). The minimum absolute atomic E-state index is 0.0193. The SMILES string of the molecule is COc1cc(C(N)=NO)cnc1-n1cnc(C)c1. The molecular weight excluding hydrogens is 234 g/mol. The highest BCUT2D eigenvalue weighted by Gasteiger charge is 2.10. The Balaban J connectivity index is 2.50. The Morgan fingerprint density at radius 2 is 2.28 bits per heavy atom. The lowest BCUT2D eigenvalue weighted by Gasteiger charge is -2.09. The summed E-state index contributed by atoms with van der Waals surface area (Å²) in [5.74, 6) is 1.08. The van der Waals surface area contributed by atoms with Crippen molar-refractivity contribution in [2.24, 2.45) is 10.9 Å². The number of aryl methyl sites for hydroxylation is 1. The number of pyridine rings is 1. The number of imidazole rings is 1. The highest BCUT2D eigenvalue weighted by atomic mass is 16.5. The van der Waals surface area contributed by atoms with Gasteiger partial charge >= 0.3 is 0 Å². The molecule has 7 heteroatoms. The summed E-state index contributed by atoms with van der Waals surface area (Å²) in [5.41, 5.74) is 6.85. The fraction of sp³-hybridized carbons (Fsp3) is 0.182.